The van der Waals surface area contributed by atoms with Crippen LogP contribution in [-0.2, 0) is 11.2 Å². The molecule has 0 aromatic heterocycles. The highest BCUT2D eigenvalue weighted by Gasteiger charge is 2.38. The molecule has 2 aromatic rings. The molecule has 0 radical (unpaired) electrons. The first-order valence-electron chi connectivity index (χ1n) is 13.4. The van der Waals surface area contributed by atoms with Crippen LogP contribution in [0.4, 0.5) is 22.0 Å². The zero-order valence-electron chi connectivity index (χ0n) is 20.5. The van der Waals surface area contributed by atoms with Crippen LogP contribution in [0.1, 0.15) is 75.3 Å². The summed E-state index contributed by atoms with van der Waals surface area (Å²) >= 11 is 0. The van der Waals surface area contributed by atoms with Crippen LogP contribution in [-0.4, -0.2) is 18.9 Å². The van der Waals surface area contributed by atoms with Crippen molar-refractivity contribution >= 4 is 10.8 Å². The second-order valence-corrected chi connectivity index (χ2v) is 11.1. The van der Waals surface area contributed by atoms with E-state index in [1.54, 1.807) is 18.1 Å². The number of rotatable bonds is 4. The molecule has 1 saturated heterocycles. The van der Waals surface area contributed by atoms with Gasteiger partial charge in [0, 0.05) is 17.9 Å². The van der Waals surface area contributed by atoms with Gasteiger partial charge in [0.2, 0.25) is 0 Å². The lowest BCUT2D eigenvalue weighted by atomic mass is 9.63. The van der Waals surface area contributed by atoms with Gasteiger partial charge in [-0.2, -0.15) is 13.2 Å². The number of fused-ring (bicyclic) bond motifs is 2. The summed E-state index contributed by atoms with van der Waals surface area (Å²) in [7, 11) is 0. The molecule has 5 atom stereocenters. The van der Waals surface area contributed by atoms with Gasteiger partial charge >= 0.3 is 6.18 Å². The van der Waals surface area contributed by atoms with Gasteiger partial charge < -0.3 is 4.74 Å². The fourth-order valence-corrected chi connectivity index (χ4v) is 6.91. The van der Waals surface area contributed by atoms with Crippen molar-refractivity contribution in [2.24, 2.45) is 23.7 Å². The fourth-order valence-electron chi connectivity index (χ4n) is 6.91. The van der Waals surface area contributed by atoms with Crippen molar-refractivity contribution in [2.75, 3.05) is 6.61 Å². The quantitative estimate of drug-likeness (QED) is 0.300. The Kier molecular flexibility index (Phi) is 7.58. The summed E-state index contributed by atoms with van der Waals surface area (Å²) in [5.41, 5.74) is 0.157. The first-order valence-corrected chi connectivity index (χ1v) is 13.4. The third-order valence-corrected chi connectivity index (χ3v) is 8.77. The highest BCUT2D eigenvalue weighted by molar-refractivity contribution is 5.85. The summed E-state index contributed by atoms with van der Waals surface area (Å²) in [4.78, 5) is 0. The van der Waals surface area contributed by atoms with Gasteiger partial charge in [0.1, 0.15) is 11.6 Å². The van der Waals surface area contributed by atoms with Gasteiger partial charge in [0.15, 0.2) is 0 Å². The standard InChI is InChI=1S/C30H33F5O/c31-27-18-24-16-20(7-11-25(24)29(32)26(27)12-13-30(33,34)35)5-4-19-6-8-22-17-23(10-9-21(22)15-19)28-3-1-2-14-36-28/h7,11,16,18-19,21-23,28H,1-6,8-10,14-15,17H2. The molecule has 3 fully saturated rings. The Morgan fingerprint density at radius 2 is 1.67 bits per heavy atom. The molecule has 2 saturated carbocycles. The Morgan fingerprint density at radius 1 is 0.889 bits per heavy atom. The van der Waals surface area contributed by atoms with Crippen LogP contribution in [0.25, 0.3) is 10.8 Å². The number of hydrogen-bond donors (Lipinski definition) is 0. The van der Waals surface area contributed by atoms with Gasteiger partial charge in [-0.15, -0.1) is 0 Å². The molecule has 36 heavy (non-hydrogen) atoms. The molecule has 2 aromatic carbocycles. The van der Waals surface area contributed by atoms with E-state index in [1.807, 2.05) is 0 Å². The maximum atomic E-state index is 14.7. The Balaban J connectivity index is 1.19. The lowest BCUT2D eigenvalue weighted by Crippen LogP contribution is -2.37. The summed E-state index contributed by atoms with van der Waals surface area (Å²) in [5, 5.41) is 0.442. The van der Waals surface area contributed by atoms with E-state index in [9.17, 15) is 22.0 Å². The number of benzene rings is 2. The largest absolute Gasteiger partial charge is 0.458 e. The van der Waals surface area contributed by atoms with Crippen molar-refractivity contribution < 1.29 is 26.7 Å². The van der Waals surface area contributed by atoms with Gasteiger partial charge in [-0.25, -0.2) is 8.78 Å². The first-order chi connectivity index (χ1) is 17.3. The molecule has 1 nitrogen and oxygen atoms in total. The molecule has 1 heterocycles. The average Bonchev–Trinajstić information content (AvgIpc) is 2.86. The molecule has 3 aliphatic rings. The third kappa shape index (κ3) is 5.88. The van der Waals surface area contributed by atoms with E-state index in [0.29, 0.717) is 17.4 Å². The van der Waals surface area contributed by atoms with Gasteiger partial charge in [-0.1, -0.05) is 30.5 Å². The number of aryl methyl sites for hydroxylation is 1. The minimum Gasteiger partial charge on any atom is -0.378 e. The highest BCUT2D eigenvalue weighted by atomic mass is 19.4. The number of ether oxygens (including phenoxy) is 1. The summed E-state index contributed by atoms with van der Waals surface area (Å²) in [6, 6.07) is 6.17. The Hall–Kier alpha value is -2.13. The molecule has 194 valence electrons. The van der Waals surface area contributed by atoms with E-state index in [0.717, 1.165) is 54.8 Å². The van der Waals surface area contributed by atoms with Crippen LogP contribution < -0.4 is 0 Å². The van der Waals surface area contributed by atoms with E-state index in [1.165, 1.54) is 63.9 Å². The first kappa shape index (κ1) is 25.5. The summed E-state index contributed by atoms with van der Waals surface area (Å²) < 4.78 is 72.3. The van der Waals surface area contributed by atoms with Crippen LogP contribution in [0.15, 0.2) is 24.3 Å². The Labute approximate surface area is 209 Å². The zero-order valence-corrected chi connectivity index (χ0v) is 20.5. The minimum atomic E-state index is -4.81. The molecule has 5 rings (SSSR count). The van der Waals surface area contributed by atoms with Crippen molar-refractivity contribution in [3.8, 4) is 11.8 Å². The number of halogens is 5. The van der Waals surface area contributed by atoms with Crippen molar-refractivity contribution in [1.29, 1.82) is 0 Å². The van der Waals surface area contributed by atoms with E-state index in [2.05, 4.69) is 0 Å². The lowest BCUT2D eigenvalue weighted by molar-refractivity contribution is -0.0696. The average molecular weight is 505 g/mol. The summed E-state index contributed by atoms with van der Waals surface area (Å²) in [5.74, 6) is 3.49. The number of alkyl halides is 3. The van der Waals surface area contributed by atoms with Crippen LogP contribution in [0, 0.1) is 47.1 Å². The molecule has 0 N–H and O–H groups in total. The van der Waals surface area contributed by atoms with Crippen LogP contribution in [0.5, 0.6) is 0 Å². The maximum absolute atomic E-state index is 14.7. The summed E-state index contributed by atoms with van der Waals surface area (Å²) in [6.45, 7) is 0.929. The normalized spacial score (nSPS) is 28.9. The van der Waals surface area contributed by atoms with Crippen molar-refractivity contribution in [2.45, 2.75) is 82.9 Å². The maximum Gasteiger partial charge on any atom is 0.458 e. The predicted molar refractivity (Wildman–Crippen MR) is 130 cm³/mol. The van der Waals surface area contributed by atoms with Crippen molar-refractivity contribution in [1.82, 2.24) is 0 Å². The van der Waals surface area contributed by atoms with E-state index in [4.69, 9.17) is 4.74 Å². The van der Waals surface area contributed by atoms with E-state index >= 15 is 0 Å². The van der Waals surface area contributed by atoms with Crippen molar-refractivity contribution in [3.63, 3.8) is 0 Å². The molecule has 1 aliphatic heterocycles. The molecule has 0 spiro atoms. The lowest BCUT2D eigenvalue weighted by Gasteiger charge is -2.44. The van der Waals surface area contributed by atoms with Gasteiger partial charge in [0.25, 0.3) is 0 Å². The Morgan fingerprint density at radius 3 is 2.44 bits per heavy atom. The number of hydrogen-bond acceptors (Lipinski definition) is 1. The van der Waals surface area contributed by atoms with Crippen LogP contribution in [0.2, 0.25) is 0 Å². The molecule has 0 bridgehead atoms. The zero-order chi connectivity index (χ0) is 25.3. The van der Waals surface area contributed by atoms with Gasteiger partial charge in [0.05, 0.1) is 11.7 Å². The third-order valence-electron chi connectivity index (χ3n) is 8.77. The highest BCUT2D eigenvalue weighted by Crippen LogP contribution is 2.47. The molecule has 0 amide bonds. The molecule has 5 unspecified atom stereocenters. The fraction of sp³-hybridized carbons (Fsp3) is 0.600. The molecular weight excluding hydrogens is 471 g/mol. The summed E-state index contributed by atoms with van der Waals surface area (Å²) in [6.07, 6.45) is 8.98. The van der Waals surface area contributed by atoms with Crippen molar-refractivity contribution in [3.05, 3.63) is 47.0 Å². The molecular formula is C30H33F5O. The smallest absolute Gasteiger partial charge is 0.378 e. The van der Waals surface area contributed by atoms with E-state index in [-0.39, 0.29) is 5.39 Å². The van der Waals surface area contributed by atoms with E-state index < -0.39 is 23.4 Å². The molecule has 2 aliphatic carbocycles. The van der Waals surface area contributed by atoms with Crippen LogP contribution in [0.3, 0.4) is 0 Å². The second-order valence-electron chi connectivity index (χ2n) is 11.1. The predicted octanol–water partition coefficient (Wildman–Crippen LogP) is 8.37. The Bertz CT molecular complexity index is 1140. The topological polar surface area (TPSA) is 9.23 Å². The van der Waals surface area contributed by atoms with Gasteiger partial charge in [-0.05, 0) is 105 Å². The van der Waals surface area contributed by atoms with Gasteiger partial charge in [-0.3, -0.25) is 0 Å². The second kappa shape index (κ2) is 10.7. The van der Waals surface area contributed by atoms with Crippen LogP contribution >= 0.6 is 0 Å². The SMILES string of the molecule is Fc1cc2cc(CCC3CCC4CC(C5CCCCO5)CCC4C3)ccc2c(F)c1C#CC(F)(F)F. The minimum absolute atomic E-state index is 0.0887. The monoisotopic (exact) mass is 504 g/mol. The molecule has 6 heteroatoms.